The molecule has 2 aliphatic heterocycles. The van der Waals surface area contributed by atoms with Gasteiger partial charge in [0.15, 0.2) is 18.7 Å². The molecule has 2 atom stereocenters. The maximum absolute atomic E-state index is 13.8. The first-order chi connectivity index (χ1) is 19.1. The van der Waals surface area contributed by atoms with E-state index in [0.29, 0.717) is 41.3 Å². The summed E-state index contributed by atoms with van der Waals surface area (Å²) < 4.78 is 29.4. The third-order valence-electron chi connectivity index (χ3n) is 6.04. The second kappa shape index (κ2) is 12.7. The highest BCUT2D eigenvalue weighted by molar-refractivity contribution is 6.35. The van der Waals surface area contributed by atoms with Crippen molar-refractivity contribution in [3.05, 3.63) is 68.4 Å². The molecule has 0 fully saturated rings. The van der Waals surface area contributed by atoms with Gasteiger partial charge in [0.2, 0.25) is 12.1 Å². The first-order valence-electron chi connectivity index (χ1n) is 12.5. The lowest BCUT2D eigenvalue weighted by Crippen LogP contribution is -2.43. The van der Waals surface area contributed by atoms with Gasteiger partial charge in [-0.3, -0.25) is 9.69 Å². The topological polar surface area (TPSA) is 108 Å². The molecule has 0 radical (unpaired) electrons. The zero-order chi connectivity index (χ0) is 29.0. The van der Waals surface area contributed by atoms with Gasteiger partial charge in [0.1, 0.15) is 0 Å². The Labute approximate surface area is 240 Å². The van der Waals surface area contributed by atoms with Crippen molar-refractivity contribution < 1.29 is 37.9 Å². The summed E-state index contributed by atoms with van der Waals surface area (Å²) in [5, 5.41) is 7.85. The van der Waals surface area contributed by atoms with Crippen LogP contribution in [0.5, 0.6) is 0 Å². The maximum atomic E-state index is 13.8. The molecule has 0 N–H and O–H groups in total. The summed E-state index contributed by atoms with van der Waals surface area (Å²) in [4.78, 5) is 37.9. The summed E-state index contributed by atoms with van der Waals surface area (Å²) in [6.45, 7) is 6.91. The molecule has 2 aromatic carbocycles. The van der Waals surface area contributed by atoms with E-state index in [4.69, 9.17) is 47.1 Å². The minimum Gasteiger partial charge on any atom is -0.479 e. The lowest BCUT2D eigenvalue weighted by molar-refractivity contribution is -0.0697. The number of rotatable bonds is 8. The standard InChI is InChI=1S/C27H28Cl2FN3O7/c1-5-36-23-12-24(40-32-23)33(13-37-27(35)38-14(2)3)26(34)18-7-6-16(8-15(18)4)21-11-22(39-31-21)17-9-19(28)25(30)20(29)10-17/h6-10,14,22,24H,5,11-13H2,1-4H3/t22-,24?/m0/s1. The highest BCUT2D eigenvalue weighted by Crippen LogP contribution is 2.35. The molecule has 1 unspecified atom stereocenters. The summed E-state index contributed by atoms with van der Waals surface area (Å²) in [5.41, 5.74) is 2.95. The fourth-order valence-electron chi connectivity index (χ4n) is 4.11. The van der Waals surface area contributed by atoms with Crippen LogP contribution >= 0.6 is 23.2 Å². The predicted molar refractivity (Wildman–Crippen MR) is 145 cm³/mol. The lowest BCUT2D eigenvalue weighted by atomic mass is 9.97. The summed E-state index contributed by atoms with van der Waals surface area (Å²) in [7, 11) is 0. The molecular weight excluding hydrogens is 568 g/mol. The summed E-state index contributed by atoms with van der Waals surface area (Å²) >= 11 is 11.9. The largest absolute Gasteiger partial charge is 0.510 e. The van der Waals surface area contributed by atoms with E-state index in [1.54, 1.807) is 45.9 Å². The quantitative estimate of drug-likeness (QED) is 0.198. The van der Waals surface area contributed by atoms with Crippen molar-refractivity contribution in [1.29, 1.82) is 0 Å². The van der Waals surface area contributed by atoms with Gasteiger partial charge in [-0.15, -0.1) is 0 Å². The van der Waals surface area contributed by atoms with Gasteiger partial charge in [-0.25, -0.2) is 9.18 Å². The lowest BCUT2D eigenvalue weighted by Gasteiger charge is -2.27. The van der Waals surface area contributed by atoms with Gasteiger partial charge in [0.05, 0.1) is 34.9 Å². The third kappa shape index (κ3) is 6.76. The normalized spacial score (nSPS) is 18.0. The molecule has 40 heavy (non-hydrogen) atoms. The van der Waals surface area contributed by atoms with Crippen LogP contribution < -0.4 is 0 Å². The highest BCUT2D eigenvalue weighted by atomic mass is 35.5. The van der Waals surface area contributed by atoms with Crippen LogP contribution in [0.3, 0.4) is 0 Å². The number of ether oxygens (including phenoxy) is 3. The Morgan fingerprint density at radius 3 is 2.50 bits per heavy atom. The molecule has 10 nitrogen and oxygen atoms in total. The molecule has 0 saturated carbocycles. The first-order valence-corrected chi connectivity index (χ1v) is 13.3. The molecule has 0 saturated heterocycles. The molecule has 0 bridgehead atoms. The summed E-state index contributed by atoms with van der Waals surface area (Å²) in [5.74, 6) is -0.806. The van der Waals surface area contributed by atoms with E-state index in [9.17, 15) is 14.0 Å². The Hall–Kier alpha value is -3.57. The van der Waals surface area contributed by atoms with E-state index in [1.165, 1.54) is 17.0 Å². The number of hydrogen-bond donors (Lipinski definition) is 0. The van der Waals surface area contributed by atoms with Crippen molar-refractivity contribution in [2.75, 3.05) is 13.3 Å². The van der Waals surface area contributed by atoms with Crippen molar-refractivity contribution in [1.82, 2.24) is 4.90 Å². The van der Waals surface area contributed by atoms with Crippen LogP contribution in [-0.4, -0.2) is 54.2 Å². The number of oxime groups is 2. The van der Waals surface area contributed by atoms with Crippen LogP contribution in [0, 0.1) is 12.7 Å². The molecule has 2 aromatic rings. The van der Waals surface area contributed by atoms with E-state index >= 15 is 0 Å². The van der Waals surface area contributed by atoms with Crippen molar-refractivity contribution in [3.8, 4) is 0 Å². The van der Waals surface area contributed by atoms with Gasteiger partial charge in [0.25, 0.3) is 5.91 Å². The Morgan fingerprint density at radius 1 is 1.12 bits per heavy atom. The molecule has 1 amide bonds. The number of aryl methyl sites for hydroxylation is 1. The molecular formula is C27H28Cl2FN3O7. The van der Waals surface area contributed by atoms with Gasteiger partial charge in [-0.1, -0.05) is 34.4 Å². The summed E-state index contributed by atoms with van der Waals surface area (Å²) in [6, 6.07) is 8.09. The number of hydrogen-bond acceptors (Lipinski definition) is 9. The molecule has 0 aromatic heterocycles. The first kappa shape index (κ1) is 29.4. The predicted octanol–water partition coefficient (Wildman–Crippen LogP) is 6.36. The monoisotopic (exact) mass is 595 g/mol. The van der Waals surface area contributed by atoms with E-state index in [1.807, 2.05) is 0 Å². The van der Waals surface area contributed by atoms with Crippen LogP contribution in [0.25, 0.3) is 0 Å². The SMILES string of the molecule is CCOC1=NOC(N(COC(=O)OC(C)C)C(=O)c2ccc(C3=NO[C@H](c4cc(Cl)c(F)c(Cl)c4)C3)cc2C)C1. The Morgan fingerprint density at radius 2 is 1.85 bits per heavy atom. The van der Waals surface area contributed by atoms with E-state index < -0.39 is 36.9 Å². The number of carbonyl (C=O) groups is 2. The third-order valence-corrected chi connectivity index (χ3v) is 6.59. The van der Waals surface area contributed by atoms with Gasteiger partial charge in [-0.2, -0.15) is 0 Å². The fourth-order valence-corrected chi connectivity index (χ4v) is 4.61. The number of benzene rings is 2. The minimum atomic E-state index is -0.915. The molecule has 0 spiro atoms. The van der Waals surface area contributed by atoms with E-state index in [2.05, 4.69) is 10.3 Å². The van der Waals surface area contributed by atoms with Crippen molar-refractivity contribution >= 4 is 46.9 Å². The zero-order valence-electron chi connectivity index (χ0n) is 22.3. The van der Waals surface area contributed by atoms with Crippen LogP contribution in [0.4, 0.5) is 9.18 Å². The maximum Gasteiger partial charge on any atom is 0.510 e. The average molecular weight is 596 g/mol. The van der Waals surface area contributed by atoms with Gasteiger partial charge in [-0.05, 0) is 73.8 Å². The number of nitrogens with zero attached hydrogens (tertiary/aromatic N) is 3. The fraction of sp³-hybridized carbons (Fsp3) is 0.407. The average Bonchev–Trinajstić information content (AvgIpc) is 3.57. The molecule has 4 rings (SSSR count). The van der Waals surface area contributed by atoms with Crippen molar-refractivity contribution in [3.63, 3.8) is 0 Å². The second-order valence-electron chi connectivity index (χ2n) is 9.31. The van der Waals surface area contributed by atoms with Crippen LogP contribution in [-0.2, 0) is 23.9 Å². The molecule has 13 heteroatoms. The number of amides is 1. The zero-order valence-corrected chi connectivity index (χ0v) is 23.8. The van der Waals surface area contributed by atoms with Crippen LogP contribution in [0.15, 0.2) is 40.6 Å². The molecule has 2 aliphatic rings. The number of halogens is 3. The van der Waals surface area contributed by atoms with Crippen LogP contribution in [0.1, 0.15) is 66.8 Å². The van der Waals surface area contributed by atoms with E-state index in [0.717, 1.165) is 5.56 Å². The van der Waals surface area contributed by atoms with E-state index in [-0.39, 0.29) is 22.6 Å². The molecule has 0 aliphatic carbocycles. The van der Waals surface area contributed by atoms with Crippen molar-refractivity contribution in [2.45, 2.75) is 59.0 Å². The smallest absolute Gasteiger partial charge is 0.479 e. The van der Waals surface area contributed by atoms with Gasteiger partial charge >= 0.3 is 6.16 Å². The Balaban J connectivity index is 1.49. The second-order valence-corrected chi connectivity index (χ2v) is 10.1. The molecule has 2 heterocycles. The molecule has 214 valence electrons. The van der Waals surface area contributed by atoms with Crippen molar-refractivity contribution in [2.24, 2.45) is 10.3 Å². The van der Waals surface area contributed by atoms with Gasteiger partial charge in [0, 0.05) is 12.0 Å². The van der Waals surface area contributed by atoms with Gasteiger partial charge < -0.3 is 23.9 Å². The Kier molecular flexibility index (Phi) is 9.36. The number of carbonyl (C=O) groups excluding carboxylic acids is 2. The highest BCUT2D eigenvalue weighted by Gasteiger charge is 2.34. The Bertz CT molecular complexity index is 1330. The summed E-state index contributed by atoms with van der Waals surface area (Å²) in [6.07, 6.45) is -2.07. The van der Waals surface area contributed by atoms with Crippen LogP contribution in [0.2, 0.25) is 10.0 Å². The minimum absolute atomic E-state index is 0.103.